The number of carbonyl (C=O) groups is 1. The Kier molecular flexibility index (Phi) is 4.09. The van der Waals surface area contributed by atoms with E-state index in [-0.39, 0.29) is 16.6 Å². The standard InChI is InChI=1S/C11H9BrF2N4O2/c12-6-2-10(8(14)3-7(6)13)18-4-5(16-17-18)1-9(15)11(19)20/h2-4,9H,1,15H2,(H,19,20). The van der Waals surface area contributed by atoms with Crippen molar-refractivity contribution in [3.05, 3.63) is 40.1 Å². The molecule has 0 spiro atoms. The minimum Gasteiger partial charge on any atom is -0.480 e. The van der Waals surface area contributed by atoms with E-state index in [4.69, 9.17) is 10.8 Å². The molecule has 1 aromatic heterocycles. The molecule has 0 aliphatic rings. The van der Waals surface area contributed by atoms with Gasteiger partial charge in [0.25, 0.3) is 0 Å². The highest BCUT2D eigenvalue weighted by atomic mass is 79.9. The second-order valence-corrected chi connectivity index (χ2v) is 4.88. The zero-order chi connectivity index (χ0) is 14.9. The van der Waals surface area contributed by atoms with Gasteiger partial charge in [0, 0.05) is 12.5 Å². The van der Waals surface area contributed by atoms with Crippen molar-refractivity contribution in [3.8, 4) is 5.69 Å². The van der Waals surface area contributed by atoms with Crippen molar-refractivity contribution < 1.29 is 18.7 Å². The van der Waals surface area contributed by atoms with Crippen LogP contribution in [0.15, 0.2) is 22.8 Å². The maximum atomic E-state index is 13.6. The fourth-order valence-electron chi connectivity index (χ4n) is 1.51. The number of carboxylic acid groups (broad SMARTS) is 1. The summed E-state index contributed by atoms with van der Waals surface area (Å²) in [5.74, 6) is -2.72. The van der Waals surface area contributed by atoms with Crippen LogP contribution in [0.1, 0.15) is 5.69 Å². The zero-order valence-corrected chi connectivity index (χ0v) is 11.5. The molecule has 0 aliphatic carbocycles. The van der Waals surface area contributed by atoms with Gasteiger partial charge >= 0.3 is 5.97 Å². The summed E-state index contributed by atoms with van der Waals surface area (Å²) < 4.78 is 27.9. The van der Waals surface area contributed by atoms with Gasteiger partial charge < -0.3 is 10.8 Å². The third kappa shape index (κ3) is 2.99. The number of benzene rings is 1. The van der Waals surface area contributed by atoms with Crippen molar-refractivity contribution in [2.24, 2.45) is 5.73 Å². The molecule has 1 aromatic carbocycles. The van der Waals surface area contributed by atoms with Gasteiger partial charge in [-0.1, -0.05) is 5.21 Å². The van der Waals surface area contributed by atoms with Crippen molar-refractivity contribution in [3.63, 3.8) is 0 Å². The quantitative estimate of drug-likeness (QED) is 0.813. The van der Waals surface area contributed by atoms with E-state index >= 15 is 0 Å². The van der Waals surface area contributed by atoms with Crippen LogP contribution < -0.4 is 5.73 Å². The highest BCUT2D eigenvalue weighted by Gasteiger charge is 2.16. The van der Waals surface area contributed by atoms with Gasteiger partial charge in [0.05, 0.1) is 16.4 Å². The van der Waals surface area contributed by atoms with Gasteiger partial charge in [-0.3, -0.25) is 4.79 Å². The van der Waals surface area contributed by atoms with Gasteiger partial charge in [-0.25, -0.2) is 13.5 Å². The van der Waals surface area contributed by atoms with Crippen LogP contribution in [0.2, 0.25) is 0 Å². The summed E-state index contributed by atoms with van der Waals surface area (Å²) in [4.78, 5) is 10.6. The molecule has 0 saturated carbocycles. The van der Waals surface area contributed by atoms with Crippen molar-refractivity contribution in [2.75, 3.05) is 0 Å². The Labute approximate surface area is 120 Å². The first kappa shape index (κ1) is 14.5. The minimum absolute atomic E-state index is 0.0130. The maximum absolute atomic E-state index is 13.6. The normalized spacial score (nSPS) is 12.4. The molecule has 0 fully saturated rings. The number of hydrogen-bond acceptors (Lipinski definition) is 4. The van der Waals surface area contributed by atoms with Crippen LogP contribution >= 0.6 is 15.9 Å². The molecule has 2 rings (SSSR count). The number of hydrogen-bond donors (Lipinski definition) is 2. The zero-order valence-electron chi connectivity index (χ0n) is 9.92. The van der Waals surface area contributed by atoms with E-state index in [1.54, 1.807) is 0 Å². The summed E-state index contributed by atoms with van der Waals surface area (Å²) in [6.07, 6.45) is 1.30. The van der Waals surface area contributed by atoms with E-state index in [0.29, 0.717) is 11.8 Å². The molecule has 0 aliphatic heterocycles. The summed E-state index contributed by atoms with van der Waals surface area (Å²) in [5, 5.41) is 16.1. The van der Waals surface area contributed by atoms with Gasteiger partial charge in [0.1, 0.15) is 17.5 Å². The van der Waals surface area contributed by atoms with Gasteiger partial charge in [-0.2, -0.15) is 0 Å². The average molecular weight is 347 g/mol. The van der Waals surface area contributed by atoms with Crippen LogP contribution in [0.3, 0.4) is 0 Å². The van der Waals surface area contributed by atoms with Crippen LogP contribution in [0.5, 0.6) is 0 Å². The summed E-state index contributed by atoms with van der Waals surface area (Å²) in [7, 11) is 0. The Morgan fingerprint density at radius 1 is 1.45 bits per heavy atom. The van der Waals surface area contributed by atoms with E-state index in [1.807, 2.05) is 0 Å². The van der Waals surface area contributed by atoms with E-state index in [0.717, 1.165) is 4.68 Å². The predicted molar refractivity (Wildman–Crippen MR) is 68.3 cm³/mol. The summed E-state index contributed by atoms with van der Waals surface area (Å²) in [6, 6.07) is 0.800. The van der Waals surface area contributed by atoms with Gasteiger partial charge in [0.2, 0.25) is 0 Å². The average Bonchev–Trinajstić information content (AvgIpc) is 2.82. The Morgan fingerprint density at radius 3 is 2.80 bits per heavy atom. The largest absolute Gasteiger partial charge is 0.480 e. The fourth-order valence-corrected chi connectivity index (χ4v) is 1.84. The molecule has 9 heteroatoms. The molecule has 1 atom stereocenters. The smallest absolute Gasteiger partial charge is 0.320 e. The van der Waals surface area contributed by atoms with Crippen LogP contribution in [0.4, 0.5) is 8.78 Å². The highest BCUT2D eigenvalue weighted by Crippen LogP contribution is 2.22. The van der Waals surface area contributed by atoms with Crippen LogP contribution in [0, 0.1) is 11.6 Å². The molecule has 1 unspecified atom stereocenters. The second-order valence-electron chi connectivity index (χ2n) is 4.02. The number of carboxylic acids is 1. The van der Waals surface area contributed by atoms with Crippen molar-refractivity contribution in [2.45, 2.75) is 12.5 Å². The van der Waals surface area contributed by atoms with Crippen LogP contribution in [-0.4, -0.2) is 32.1 Å². The predicted octanol–water partition coefficient (Wildman–Crippen LogP) is 1.26. The molecule has 106 valence electrons. The molecule has 2 aromatic rings. The molecule has 0 radical (unpaired) electrons. The van der Waals surface area contributed by atoms with E-state index in [9.17, 15) is 13.6 Å². The number of rotatable bonds is 4. The molecular formula is C11H9BrF2N4O2. The van der Waals surface area contributed by atoms with Crippen LogP contribution in [-0.2, 0) is 11.2 Å². The highest BCUT2D eigenvalue weighted by molar-refractivity contribution is 9.10. The number of aliphatic carboxylic acids is 1. The first-order valence-corrected chi connectivity index (χ1v) is 6.22. The second kappa shape index (κ2) is 5.63. The SMILES string of the molecule is NC(Cc1cn(-c2cc(Br)c(F)cc2F)nn1)C(=O)O. The Morgan fingerprint density at radius 2 is 2.15 bits per heavy atom. The minimum atomic E-state index is -1.17. The van der Waals surface area contributed by atoms with E-state index < -0.39 is 23.6 Å². The Balaban J connectivity index is 2.29. The first-order chi connectivity index (χ1) is 9.38. The van der Waals surface area contributed by atoms with Crippen molar-refractivity contribution in [1.29, 1.82) is 0 Å². The molecule has 20 heavy (non-hydrogen) atoms. The lowest BCUT2D eigenvalue weighted by atomic mass is 10.2. The Hall–Kier alpha value is -1.87. The van der Waals surface area contributed by atoms with Crippen LogP contribution in [0.25, 0.3) is 5.69 Å². The maximum Gasteiger partial charge on any atom is 0.320 e. The van der Waals surface area contributed by atoms with Crippen molar-refractivity contribution in [1.82, 2.24) is 15.0 Å². The van der Waals surface area contributed by atoms with Gasteiger partial charge in [-0.05, 0) is 22.0 Å². The molecule has 0 bridgehead atoms. The molecule has 0 amide bonds. The van der Waals surface area contributed by atoms with E-state index in [1.165, 1.54) is 12.3 Å². The molecule has 1 heterocycles. The number of halogens is 3. The first-order valence-electron chi connectivity index (χ1n) is 5.43. The van der Waals surface area contributed by atoms with Crippen molar-refractivity contribution >= 4 is 21.9 Å². The summed E-state index contributed by atoms with van der Waals surface area (Å²) >= 11 is 2.94. The third-order valence-corrected chi connectivity index (χ3v) is 3.13. The topological polar surface area (TPSA) is 94.0 Å². The summed E-state index contributed by atoms with van der Waals surface area (Å²) in [5.41, 5.74) is 5.64. The van der Waals surface area contributed by atoms with E-state index in [2.05, 4.69) is 26.2 Å². The molecule has 0 saturated heterocycles. The molecule has 3 N–H and O–H groups in total. The summed E-state index contributed by atoms with van der Waals surface area (Å²) in [6.45, 7) is 0. The van der Waals surface area contributed by atoms with Gasteiger partial charge in [0.15, 0.2) is 5.82 Å². The lowest BCUT2D eigenvalue weighted by molar-refractivity contribution is -0.138. The van der Waals surface area contributed by atoms with Gasteiger partial charge in [-0.15, -0.1) is 5.10 Å². The fraction of sp³-hybridized carbons (Fsp3) is 0.182. The monoisotopic (exact) mass is 346 g/mol. The number of aromatic nitrogens is 3. The lowest BCUT2D eigenvalue weighted by Gasteiger charge is -2.04. The molecule has 6 nitrogen and oxygen atoms in total. The number of nitrogens with two attached hydrogens (primary N) is 1. The number of nitrogens with zero attached hydrogens (tertiary/aromatic N) is 3. The lowest BCUT2D eigenvalue weighted by Crippen LogP contribution is -2.32. The third-order valence-electron chi connectivity index (χ3n) is 2.52. The molecular weight excluding hydrogens is 338 g/mol. The Bertz CT molecular complexity index is 662.